The summed E-state index contributed by atoms with van der Waals surface area (Å²) in [4.78, 5) is 20.8. The molecule has 0 aliphatic heterocycles. The van der Waals surface area contributed by atoms with E-state index in [4.69, 9.17) is 14.5 Å². The summed E-state index contributed by atoms with van der Waals surface area (Å²) in [5.74, 6) is 3.59. The van der Waals surface area contributed by atoms with E-state index in [2.05, 4.69) is 10.3 Å². The SMILES string of the molecule is CC(=O)NC(C)c1ccc2c(c1)nc(-c1ccc(Oc3cccc(OCC4CC4)c3)cn1)n2C. The fourth-order valence-corrected chi connectivity index (χ4v) is 3.94. The Morgan fingerprint density at radius 3 is 2.68 bits per heavy atom. The number of amides is 1. The number of fused-ring (bicyclic) bond motifs is 1. The van der Waals surface area contributed by atoms with Crippen LogP contribution in [0.25, 0.3) is 22.6 Å². The highest BCUT2D eigenvalue weighted by molar-refractivity contribution is 5.81. The lowest BCUT2D eigenvalue weighted by atomic mass is 10.1. The molecule has 1 aliphatic carbocycles. The smallest absolute Gasteiger partial charge is 0.217 e. The number of aromatic nitrogens is 3. The van der Waals surface area contributed by atoms with Gasteiger partial charge in [0.1, 0.15) is 22.9 Å². The Morgan fingerprint density at radius 1 is 1.12 bits per heavy atom. The number of nitrogens with zero attached hydrogens (tertiary/aromatic N) is 3. The lowest BCUT2D eigenvalue weighted by Crippen LogP contribution is -2.23. The highest BCUT2D eigenvalue weighted by Crippen LogP contribution is 2.31. The van der Waals surface area contributed by atoms with Gasteiger partial charge in [-0.3, -0.25) is 4.79 Å². The minimum absolute atomic E-state index is 0.0571. The van der Waals surface area contributed by atoms with E-state index in [9.17, 15) is 4.79 Å². The van der Waals surface area contributed by atoms with E-state index in [0.717, 1.165) is 40.5 Å². The molecule has 1 atom stereocenters. The molecular weight excluding hydrogens is 428 g/mol. The monoisotopic (exact) mass is 456 g/mol. The Bertz CT molecular complexity index is 1330. The van der Waals surface area contributed by atoms with Gasteiger partial charge in [0.05, 0.1) is 29.9 Å². The maximum absolute atomic E-state index is 11.4. The maximum atomic E-state index is 11.4. The first-order valence-electron chi connectivity index (χ1n) is 11.6. The lowest BCUT2D eigenvalue weighted by Gasteiger charge is -2.12. The van der Waals surface area contributed by atoms with Crippen molar-refractivity contribution in [3.63, 3.8) is 0 Å². The van der Waals surface area contributed by atoms with Crippen LogP contribution in [0, 0.1) is 5.92 Å². The third-order valence-electron chi connectivity index (χ3n) is 6.01. The molecule has 1 fully saturated rings. The van der Waals surface area contributed by atoms with Crippen molar-refractivity contribution in [2.75, 3.05) is 6.61 Å². The van der Waals surface area contributed by atoms with Crippen LogP contribution in [-0.2, 0) is 11.8 Å². The number of imidazole rings is 1. The number of aryl methyl sites for hydroxylation is 1. The molecule has 2 heterocycles. The lowest BCUT2D eigenvalue weighted by molar-refractivity contribution is -0.119. The van der Waals surface area contributed by atoms with E-state index in [-0.39, 0.29) is 11.9 Å². The van der Waals surface area contributed by atoms with Gasteiger partial charge >= 0.3 is 0 Å². The Kier molecular flexibility index (Phi) is 5.92. The van der Waals surface area contributed by atoms with Crippen LogP contribution in [0.1, 0.15) is 38.3 Å². The molecule has 4 aromatic rings. The van der Waals surface area contributed by atoms with Gasteiger partial charge in [0.25, 0.3) is 0 Å². The van der Waals surface area contributed by atoms with Crippen LogP contribution in [0.2, 0.25) is 0 Å². The summed E-state index contributed by atoms with van der Waals surface area (Å²) in [7, 11) is 1.97. The Balaban J connectivity index is 1.32. The molecule has 2 aromatic carbocycles. The third kappa shape index (κ3) is 4.88. The molecular formula is C27H28N4O3. The molecule has 1 N–H and O–H groups in total. The molecule has 34 heavy (non-hydrogen) atoms. The minimum atomic E-state index is -0.0838. The Hall–Kier alpha value is -3.87. The molecule has 0 spiro atoms. The molecule has 7 nitrogen and oxygen atoms in total. The first-order chi connectivity index (χ1) is 16.5. The summed E-state index contributed by atoms with van der Waals surface area (Å²) in [6.07, 6.45) is 4.23. The number of hydrogen-bond donors (Lipinski definition) is 1. The van der Waals surface area contributed by atoms with Gasteiger partial charge in [-0.25, -0.2) is 9.97 Å². The van der Waals surface area contributed by atoms with Crippen LogP contribution in [0.3, 0.4) is 0 Å². The maximum Gasteiger partial charge on any atom is 0.217 e. The second kappa shape index (κ2) is 9.17. The second-order valence-corrected chi connectivity index (χ2v) is 8.88. The predicted molar refractivity (Wildman–Crippen MR) is 131 cm³/mol. The van der Waals surface area contributed by atoms with E-state index < -0.39 is 0 Å². The summed E-state index contributed by atoms with van der Waals surface area (Å²) in [6.45, 7) is 4.25. The van der Waals surface area contributed by atoms with Crippen LogP contribution >= 0.6 is 0 Å². The summed E-state index contributed by atoms with van der Waals surface area (Å²) in [5.41, 5.74) is 3.62. The number of carbonyl (C=O) groups excluding carboxylic acids is 1. The number of ether oxygens (including phenoxy) is 2. The zero-order valence-corrected chi connectivity index (χ0v) is 19.6. The van der Waals surface area contributed by atoms with E-state index >= 15 is 0 Å². The topological polar surface area (TPSA) is 78.3 Å². The minimum Gasteiger partial charge on any atom is -0.493 e. The van der Waals surface area contributed by atoms with E-state index in [1.54, 1.807) is 6.20 Å². The van der Waals surface area contributed by atoms with E-state index in [1.165, 1.54) is 19.8 Å². The highest BCUT2D eigenvalue weighted by Gasteiger charge is 2.22. The average molecular weight is 457 g/mol. The molecule has 1 unspecified atom stereocenters. The molecule has 0 bridgehead atoms. The van der Waals surface area contributed by atoms with Crippen LogP contribution in [0.4, 0.5) is 0 Å². The first kappa shape index (κ1) is 21.9. The van der Waals surface area contributed by atoms with Crippen molar-refractivity contribution in [1.29, 1.82) is 0 Å². The average Bonchev–Trinajstić information content (AvgIpc) is 3.60. The molecule has 0 radical (unpaired) electrons. The number of benzene rings is 2. The standard InChI is InChI=1S/C27H28N4O3/c1-17(29-18(2)32)20-9-12-26-25(13-20)30-27(31(26)3)24-11-10-23(15-28-24)34-22-6-4-5-21(14-22)33-16-19-7-8-19/h4-6,9-15,17,19H,7-8,16H2,1-3H3,(H,29,32). The molecule has 1 amide bonds. The number of hydrogen-bond acceptors (Lipinski definition) is 5. The Labute approximate surface area is 198 Å². The van der Waals surface area contributed by atoms with Crippen molar-refractivity contribution in [2.45, 2.75) is 32.7 Å². The second-order valence-electron chi connectivity index (χ2n) is 8.88. The number of rotatable bonds is 8. The van der Waals surface area contributed by atoms with Crippen molar-refractivity contribution in [3.05, 3.63) is 66.4 Å². The summed E-state index contributed by atoms with van der Waals surface area (Å²) in [5, 5.41) is 2.91. The predicted octanol–water partition coefficient (Wildman–Crippen LogP) is 5.41. The van der Waals surface area contributed by atoms with Gasteiger partial charge in [0, 0.05) is 20.0 Å². The van der Waals surface area contributed by atoms with E-state index in [0.29, 0.717) is 17.4 Å². The van der Waals surface area contributed by atoms with Gasteiger partial charge < -0.3 is 19.4 Å². The quantitative estimate of drug-likeness (QED) is 0.383. The van der Waals surface area contributed by atoms with Crippen LogP contribution < -0.4 is 14.8 Å². The van der Waals surface area contributed by atoms with Crippen molar-refractivity contribution in [2.24, 2.45) is 13.0 Å². The van der Waals surface area contributed by atoms with Crippen molar-refractivity contribution < 1.29 is 14.3 Å². The zero-order valence-electron chi connectivity index (χ0n) is 19.6. The van der Waals surface area contributed by atoms with Crippen LogP contribution in [-0.4, -0.2) is 27.0 Å². The van der Waals surface area contributed by atoms with Crippen LogP contribution in [0.5, 0.6) is 17.2 Å². The van der Waals surface area contributed by atoms with Gasteiger partial charge in [-0.05, 0) is 67.6 Å². The molecule has 1 aliphatic rings. The third-order valence-corrected chi connectivity index (χ3v) is 6.01. The summed E-state index contributed by atoms with van der Waals surface area (Å²) in [6, 6.07) is 17.5. The molecule has 174 valence electrons. The molecule has 0 saturated heterocycles. The molecule has 7 heteroatoms. The first-order valence-corrected chi connectivity index (χ1v) is 11.6. The molecule has 1 saturated carbocycles. The highest BCUT2D eigenvalue weighted by atomic mass is 16.5. The van der Waals surface area contributed by atoms with Gasteiger partial charge in [0.15, 0.2) is 5.82 Å². The summed E-state index contributed by atoms with van der Waals surface area (Å²) >= 11 is 0. The summed E-state index contributed by atoms with van der Waals surface area (Å²) < 4.78 is 13.9. The van der Waals surface area contributed by atoms with Crippen molar-refractivity contribution >= 4 is 16.9 Å². The fourth-order valence-electron chi connectivity index (χ4n) is 3.94. The number of nitrogens with one attached hydrogen (secondary N) is 1. The zero-order chi connectivity index (χ0) is 23.7. The fraction of sp³-hybridized carbons (Fsp3) is 0.296. The number of pyridine rings is 1. The van der Waals surface area contributed by atoms with Gasteiger partial charge in [-0.15, -0.1) is 0 Å². The molecule has 5 rings (SSSR count). The normalized spacial score (nSPS) is 14.1. The van der Waals surface area contributed by atoms with Crippen LogP contribution in [0.15, 0.2) is 60.8 Å². The molecule has 2 aromatic heterocycles. The van der Waals surface area contributed by atoms with Gasteiger partial charge in [-0.2, -0.15) is 0 Å². The van der Waals surface area contributed by atoms with Crippen molar-refractivity contribution in [3.8, 4) is 28.8 Å². The largest absolute Gasteiger partial charge is 0.493 e. The van der Waals surface area contributed by atoms with Gasteiger partial charge in [0.2, 0.25) is 5.91 Å². The number of carbonyl (C=O) groups is 1. The van der Waals surface area contributed by atoms with Crippen molar-refractivity contribution in [1.82, 2.24) is 19.9 Å². The van der Waals surface area contributed by atoms with Gasteiger partial charge in [-0.1, -0.05) is 12.1 Å². The Morgan fingerprint density at radius 2 is 1.94 bits per heavy atom. The van der Waals surface area contributed by atoms with E-state index in [1.807, 2.05) is 73.1 Å².